The molecule has 2 heterocycles. The summed E-state index contributed by atoms with van der Waals surface area (Å²) in [6.07, 6.45) is 3.70. The van der Waals surface area contributed by atoms with Crippen molar-refractivity contribution in [3.63, 3.8) is 0 Å². The van der Waals surface area contributed by atoms with Crippen LogP contribution in [0.25, 0.3) is 0 Å². The van der Waals surface area contributed by atoms with E-state index in [2.05, 4.69) is 15.6 Å². The molecule has 0 bridgehead atoms. The molecule has 0 fully saturated rings. The molecule has 7 nitrogen and oxygen atoms in total. The molecule has 2 N–H and O–H groups in total. The number of furan rings is 1. The van der Waals surface area contributed by atoms with Crippen LogP contribution in [0.15, 0.2) is 41.1 Å². The summed E-state index contributed by atoms with van der Waals surface area (Å²) in [5.41, 5.74) is 0.571. The van der Waals surface area contributed by atoms with E-state index in [1.807, 2.05) is 0 Å². The summed E-state index contributed by atoms with van der Waals surface area (Å²) >= 11 is 0. The summed E-state index contributed by atoms with van der Waals surface area (Å²) in [5.74, 6) is 0.0319. The molecule has 23 heavy (non-hydrogen) atoms. The first-order valence-corrected chi connectivity index (χ1v) is 7.24. The number of nitrogens with zero attached hydrogens (tertiary/aromatic N) is 1. The quantitative estimate of drug-likeness (QED) is 0.717. The minimum Gasteiger partial charge on any atom is -0.467 e. The van der Waals surface area contributed by atoms with Gasteiger partial charge >= 0.3 is 0 Å². The number of hydrogen-bond acceptors (Lipinski definition) is 5. The van der Waals surface area contributed by atoms with Crippen LogP contribution in [-0.2, 0) is 11.3 Å². The van der Waals surface area contributed by atoms with E-state index < -0.39 is 0 Å². The Morgan fingerprint density at radius 3 is 2.87 bits per heavy atom. The molecule has 0 aliphatic carbocycles. The molecule has 122 valence electrons. The zero-order valence-corrected chi connectivity index (χ0v) is 12.9. The number of rotatable bonds is 8. The van der Waals surface area contributed by atoms with Crippen molar-refractivity contribution in [2.75, 3.05) is 20.3 Å². The Morgan fingerprint density at radius 1 is 1.26 bits per heavy atom. The molecule has 0 atom stereocenters. The fraction of sp³-hybridized carbons (Fsp3) is 0.312. The molecular formula is C16H19N3O4. The highest BCUT2D eigenvalue weighted by Gasteiger charge is 2.11. The first-order chi connectivity index (χ1) is 11.2. The lowest BCUT2D eigenvalue weighted by atomic mass is 10.2. The Balaban J connectivity index is 1.90. The fourth-order valence-electron chi connectivity index (χ4n) is 1.89. The van der Waals surface area contributed by atoms with Gasteiger partial charge < -0.3 is 19.8 Å². The third-order valence-corrected chi connectivity index (χ3v) is 3.07. The van der Waals surface area contributed by atoms with Crippen molar-refractivity contribution in [1.82, 2.24) is 15.6 Å². The van der Waals surface area contributed by atoms with Crippen molar-refractivity contribution in [2.24, 2.45) is 0 Å². The lowest BCUT2D eigenvalue weighted by Crippen LogP contribution is -2.27. The summed E-state index contributed by atoms with van der Waals surface area (Å²) < 4.78 is 10.1. The van der Waals surface area contributed by atoms with E-state index in [0.29, 0.717) is 24.5 Å². The number of hydrogen-bond donors (Lipinski definition) is 2. The summed E-state index contributed by atoms with van der Waals surface area (Å²) in [6.45, 7) is 1.35. The minimum absolute atomic E-state index is 0.182. The van der Waals surface area contributed by atoms with Gasteiger partial charge in [-0.3, -0.25) is 14.6 Å². The van der Waals surface area contributed by atoms with Gasteiger partial charge in [-0.2, -0.15) is 0 Å². The number of methoxy groups -OCH3 is 1. The molecule has 0 saturated heterocycles. The zero-order valence-electron chi connectivity index (χ0n) is 12.9. The highest BCUT2D eigenvalue weighted by molar-refractivity contribution is 5.98. The van der Waals surface area contributed by atoms with E-state index in [-0.39, 0.29) is 24.1 Å². The second kappa shape index (κ2) is 8.70. The molecule has 2 aromatic rings. The highest BCUT2D eigenvalue weighted by Crippen LogP contribution is 2.04. The Morgan fingerprint density at radius 2 is 2.13 bits per heavy atom. The van der Waals surface area contributed by atoms with Gasteiger partial charge in [0, 0.05) is 32.0 Å². The van der Waals surface area contributed by atoms with Crippen LogP contribution in [0.1, 0.15) is 33.0 Å². The summed E-state index contributed by atoms with van der Waals surface area (Å²) in [7, 11) is 1.61. The smallest absolute Gasteiger partial charge is 0.270 e. The standard InChI is InChI=1S/C16H19N3O4/c1-22-8-3-6-18-15(20)12-5-7-17-14(10-12)16(21)19-11-13-4-2-9-23-13/h2,4-5,7,9-10H,3,6,8,11H2,1H3,(H,18,20)(H,19,21). The maximum Gasteiger partial charge on any atom is 0.270 e. The third kappa shape index (κ3) is 5.23. The van der Waals surface area contributed by atoms with Gasteiger partial charge in [-0.1, -0.05) is 0 Å². The lowest BCUT2D eigenvalue weighted by molar-refractivity contribution is 0.0943. The van der Waals surface area contributed by atoms with Crippen LogP contribution >= 0.6 is 0 Å². The maximum atomic E-state index is 12.1. The Hall–Kier alpha value is -2.67. The van der Waals surface area contributed by atoms with E-state index in [1.54, 1.807) is 25.3 Å². The number of carbonyl (C=O) groups excluding carboxylic acids is 2. The molecule has 0 spiro atoms. The second-order valence-electron chi connectivity index (χ2n) is 4.79. The molecule has 0 aromatic carbocycles. The normalized spacial score (nSPS) is 10.3. The largest absolute Gasteiger partial charge is 0.467 e. The van der Waals surface area contributed by atoms with E-state index in [9.17, 15) is 9.59 Å². The van der Waals surface area contributed by atoms with Gasteiger partial charge in [0.15, 0.2) is 0 Å². The van der Waals surface area contributed by atoms with Crippen LogP contribution < -0.4 is 10.6 Å². The highest BCUT2D eigenvalue weighted by atomic mass is 16.5. The van der Waals surface area contributed by atoms with Crippen molar-refractivity contribution in [3.8, 4) is 0 Å². The number of carbonyl (C=O) groups is 2. The van der Waals surface area contributed by atoms with Crippen LogP contribution in [0, 0.1) is 0 Å². The van der Waals surface area contributed by atoms with Crippen molar-refractivity contribution in [2.45, 2.75) is 13.0 Å². The average molecular weight is 317 g/mol. The topological polar surface area (TPSA) is 93.5 Å². The van der Waals surface area contributed by atoms with Crippen molar-refractivity contribution >= 4 is 11.8 Å². The van der Waals surface area contributed by atoms with Crippen molar-refractivity contribution < 1.29 is 18.7 Å². The van der Waals surface area contributed by atoms with Gasteiger partial charge in [-0.25, -0.2) is 0 Å². The van der Waals surface area contributed by atoms with E-state index in [0.717, 1.165) is 6.42 Å². The van der Waals surface area contributed by atoms with Gasteiger partial charge in [0.1, 0.15) is 11.5 Å². The molecular weight excluding hydrogens is 298 g/mol. The van der Waals surface area contributed by atoms with Crippen molar-refractivity contribution in [3.05, 3.63) is 53.7 Å². The third-order valence-electron chi connectivity index (χ3n) is 3.07. The number of nitrogens with one attached hydrogen (secondary N) is 2. The second-order valence-corrected chi connectivity index (χ2v) is 4.79. The molecule has 2 aromatic heterocycles. The first-order valence-electron chi connectivity index (χ1n) is 7.24. The fourth-order valence-corrected chi connectivity index (χ4v) is 1.89. The Kier molecular flexibility index (Phi) is 6.31. The number of ether oxygens (including phenoxy) is 1. The van der Waals surface area contributed by atoms with Crippen LogP contribution in [0.4, 0.5) is 0 Å². The minimum atomic E-state index is -0.365. The van der Waals surface area contributed by atoms with Crippen molar-refractivity contribution in [1.29, 1.82) is 0 Å². The number of amides is 2. The van der Waals surface area contributed by atoms with Crippen LogP contribution in [0.3, 0.4) is 0 Å². The predicted molar refractivity (Wildman–Crippen MR) is 82.9 cm³/mol. The number of pyridine rings is 1. The Bertz CT molecular complexity index is 641. The van der Waals surface area contributed by atoms with E-state index >= 15 is 0 Å². The molecule has 0 radical (unpaired) electrons. The van der Waals surface area contributed by atoms with E-state index in [1.165, 1.54) is 18.5 Å². The Labute approximate surface area is 134 Å². The van der Waals surface area contributed by atoms with Gasteiger partial charge in [-0.15, -0.1) is 0 Å². The van der Waals surface area contributed by atoms with Crippen LogP contribution in [0.5, 0.6) is 0 Å². The molecule has 2 rings (SSSR count). The summed E-state index contributed by atoms with van der Waals surface area (Å²) in [4.78, 5) is 28.0. The number of aromatic nitrogens is 1. The van der Waals surface area contributed by atoms with Gasteiger partial charge in [0.05, 0.1) is 12.8 Å². The summed E-state index contributed by atoms with van der Waals surface area (Å²) in [6, 6.07) is 6.53. The summed E-state index contributed by atoms with van der Waals surface area (Å²) in [5, 5.41) is 5.44. The SMILES string of the molecule is COCCCNC(=O)c1ccnc(C(=O)NCc2ccco2)c1. The average Bonchev–Trinajstić information content (AvgIpc) is 3.10. The molecule has 0 aliphatic rings. The van der Waals surface area contributed by atoms with Gasteiger partial charge in [0.25, 0.3) is 11.8 Å². The zero-order chi connectivity index (χ0) is 16.5. The van der Waals surface area contributed by atoms with Crippen LogP contribution in [-0.4, -0.2) is 37.1 Å². The lowest BCUT2D eigenvalue weighted by Gasteiger charge is -2.07. The van der Waals surface area contributed by atoms with Gasteiger partial charge in [-0.05, 0) is 30.7 Å². The van der Waals surface area contributed by atoms with Gasteiger partial charge in [0.2, 0.25) is 0 Å². The molecule has 7 heteroatoms. The molecule has 0 saturated carbocycles. The molecule has 0 unspecified atom stereocenters. The van der Waals surface area contributed by atoms with E-state index in [4.69, 9.17) is 9.15 Å². The van der Waals surface area contributed by atoms with Crippen LogP contribution in [0.2, 0.25) is 0 Å². The monoisotopic (exact) mass is 317 g/mol. The maximum absolute atomic E-state index is 12.1. The molecule has 0 aliphatic heterocycles. The molecule has 2 amide bonds. The predicted octanol–water partition coefficient (Wildman–Crippen LogP) is 1.37. The first kappa shape index (κ1) is 16.7.